The maximum absolute atomic E-state index is 12.1. The monoisotopic (exact) mass is 1240 g/mol. The van der Waals surface area contributed by atoms with Crippen molar-refractivity contribution in [2.45, 2.75) is 111 Å². The van der Waals surface area contributed by atoms with Crippen molar-refractivity contribution in [2.24, 2.45) is 0 Å². The molecule has 0 fully saturated rings. The van der Waals surface area contributed by atoms with E-state index >= 15 is 0 Å². The molecule has 3 aliphatic rings. The molecule has 5 aromatic rings. The molecule has 0 amide bonds. The molecule has 0 aromatic heterocycles. The molecule has 1 unspecified atom stereocenters. The topological polar surface area (TPSA) is 252 Å². The number of thioether (sulfide) groups is 1. The summed E-state index contributed by atoms with van der Waals surface area (Å²) in [6.07, 6.45) is 12.8. The van der Waals surface area contributed by atoms with Crippen LogP contribution in [0.2, 0.25) is 0 Å². The van der Waals surface area contributed by atoms with E-state index in [1.807, 2.05) is 54.6 Å². The minimum atomic E-state index is -4.73. The number of benzene rings is 5. The van der Waals surface area contributed by atoms with Gasteiger partial charge < -0.3 is 37.9 Å². The summed E-state index contributed by atoms with van der Waals surface area (Å²) in [6.45, 7) is 9.49. The normalized spacial score (nSPS) is 17.1. The van der Waals surface area contributed by atoms with Gasteiger partial charge in [-0.15, -0.1) is 0 Å². The van der Waals surface area contributed by atoms with Gasteiger partial charge in [0.15, 0.2) is 5.71 Å². The molecule has 25 heteroatoms. The number of rotatable bonds is 23. The molecule has 0 radical (unpaired) electrons. The predicted molar refractivity (Wildman–Crippen MR) is 287 cm³/mol. The largest absolute Gasteiger partial charge is 1.00 e. The quantitative estimate of drug-likeness (QED) is 0.00900. The summed E-state index contributed by atoms with van der Waals surface area (Å²) in [5, 5.41) is 28.8. The number of carbonyl (C=O) groups excluding carboxylic acids is 1. The number of carboxylic acids is 1. The first kappa shape index (κ1) is 72.1. The van der Waals surface area contributed by atoms with Crippen LogP contribution >= 0.6 is 23.8 Å². The standard InChI is InChI=1S/C55H60N2O14S5.K.3Na/c1-54(2)48(56(30-5-7-32-69-74(61)62)46-25-15-39-34-42(73-71-70-60)21-23-44(39)51(46)54)27-17-37-10-9-11-38(53(37)72-41-19-12-36(13-20-41)14-29-50(58)59)18-28-49-55(3,4)52-45-24-22-43(76(66,67)68)35-40(45)16-26-47(52)57(49)31-6-8-33-75(63,64)65;;;;/h12-13,15-28,34-35H,5-11,14,29-33H2,1-4H3,(H4-,58,59,60,61,62,63,64,65,66,67,68);;;;/q;4*+1/p-4. The number of unbranched alkanes of at least 4 members (excludes halogenated alkanes) is 2. The summed E-state index contributed by atoms with van der Waals surface area (Å²) in [6, 6.07) is 25.7. The van der Waals surface area contributed by atoms with Crippen molar-refractivity contribution in [1.82, 2.24) is 0 Å². The average molecular weight is 1240 g/mol. The van der Waals surface area contributed by atoms with Crippen molar-refractivity contribution in [2.75, 3.05) is 30.3 Å². The fourth-order valence-corrected chi connectivity index (χ4v) is 13.6. The Morgan fingerprint density at radius 1 is 0.800 bits per heavy atom. The van der Waals surface area contributed by atoms with Gasteiger partial charge in [0.05, 0.1) is 50.4 Å². The second-order valence-corrected chi connectivity index (χ2v) is 25.3. The Balaban J connectivity index is 0.00000344. The number of aliphatic carboxylic acids is 1. The number of aryl methyl sites for hydroxylation is 1. The molecule has 2 aliphatic heterocycles. The molecule has 0 saturated carbocycles. The molecule has 8 rings (SSSR count). The second kappa shape index (κ2) is 31.5. The number of hydrogen-bond donors (Lipinski definition) is 0. The van der Waals surface area contributed by atoms with E-state index in [4.69, 9.17) is 4.18 Å². The first-order chi connectivity index (χ1) is 36.1. The summed E-state index contributed by atoms with van der Waals surface area (Å²) in [7, 11) is -9.17. The van der Waals surface area contributed by atoms with Crippen LogP contribution in [-0.2, 0) is 67.2 Å². The first-order valence-electron chi connectivity index (χ1n) is 24.7. The molecule has 404 valence electrons. The van der Waals surface area contributed by atoms with Gasteiger partial charge in [0, 0.05) is 73.9 Å². The molecule has 0 N–H and O–H groups in total. The fourth-order valence-electron chi connectivity index (χ4n) is 10.7. The molecule has 0 spiro atoms. The van der Waals surface area contributed by atoms with Gasteiger partial charge in [-0.3, -0.25) is 5.04 Å². The average Bonchev–Trinajstić information content (AvgIpc) is 3.72. The van der Waals surface area contributed by atoms with Crippen molar-refractivity contribution in [3.8, 4) is 0 Å². The molecule has 0 bridgehead atoms. The Hall–Kier alpha value is -0.374. The maximum atomic E-state index is 12.1. The van der Waals surface area contributed by atoms with Crippen molar-refractivity contribution < 1.29 is 208 Å². The minimum absolute atomic E-state index is 0. The van der Waals surface area contributed by atoms with E-state index in [1.54, 1.807) is 23.9 Å². The Bertz CT molecular complexity index is 3500. The second-order valence-electron chi connectivity index (χ2n) is 19.9. The van der Waals surface area contributed by atoms with Gasteiger partial charge >= 0.3 is 140 Å². The van der Waals surface area contributed by atoms with Gasteiger partial charge in [0.2, 0.25) is 5.69 Å². The van der Waals surface area contributed by atoms with Gasteiger partial charge in [-0.05, 0) is 164 Å². The molecule has 2 heterocycles. The summed E-state index contributed by atoms with van der Waals surface area (Å²) in [5.74, 6) is -1.63. The number of fused-ring (bicyclic) bond motifs is 6. The number of carboxylic acid groups (broad SMARTS) is 1. The van der Waals surface area contributed by atoms with Crippen LogP contribution in [-0.4, -0.2) is 76.4 Å². The maximum Gasteiger partial charge on any atom is 1.00 e. The minimum Gasteiger partial charge on any atom is -0.750 e. The third kappa shape index (κ3) is 17.7. The van der Waals surface area contributed by atoms with Crippen LogP contribution < -0.4 is 155 Å². The van der Waals surface area contributed by atoms with Crippen LogP contribution in [0.3, 0.4) is 0 Å². The Morgan fingerprint density at radius 3 is 2.15 bits per heavy atom. The smallest absolute Gasteiger partial charge is 0.750 e. The van der Waals surface area contributed by atoms with E-state index in [-0.39, 0.29) is 164 Å². The fraction of sp³-hybridized carbons (Fsp3) is 0.345. The number of nitrogens with zero attached hydrogens (tertiary/aromatic N) is 2. The van der Waals surface area contributed by atoms with Crippen LogP contribution in [0.25, 0.3) is 21.5 Å². The molecule has 1 atom stereocenters. The first-order valence-corrected chi connectivity index (χ1v) is 30.2. The summed E-state index contributed by atoms with van der Waals surface area (Å²) in [5.41, 5.74) is 7.55. The predicted octanol–water partition coefficient (Wildman–Crippen LogP) is -3.49. The Labute approximate surface area is 588 Å². The Kier molecular flexibility index (Phi) is 28.4. The van der Waals surface area contributed by atoms with Crippen LogP contribution in [0.5, 0.6) is 0 Å². The third-order valence-electron chi connectivity index (χ3n) is 14.2. The van der Waals surface area contributed by atoms with Crippen molar-refractivity contribution in [1.29, 1.82) is 0 Å². The SMILES string of the molecule is CC1(C)C(/C=C/C2=C(Sc3ccc(CCC(=O)[O-])cc3)C(=C/C=C3/N(CCCCS(=O)(=O)[O-])c4ccc5cc(S(=O)(=O)[O-])ccc5c4C3(C)C)/CCC2)=[N+](CCCCOS(=O)[O-])c2ccc3cc(SOO[O-])ccc3c21.[K+].[Na+].[Na+].[Na+]. The van der Waals surface area contributed by atoms with Gasteiger partial charge in [-0.1, -0.05) is 68.1 Å². The van der Waals surface area contributed by atoms with Crippen LogP contribution in [0.1, 0.15) is 95.8 Å². The zero-order valence-electron chi connectivity index (χ0n) is 46.2. The molecule has 5 aromatic carbocycles. The van der Waals surface area contributed by atoms with Crippen molar-refractivity contribution in [3.63, 3.8) is 0 Å². The van der Waals surface area contributed by atoms with E-state index in [9.17, 15) is 49.9 Å². The van der Waals surface area contributed by atoms with Gasteiger partial charge in [0.25, 0.3) is 0 Å². The number of anilines is 1. The molecule has 1 aliphatic carbocycles. The van der Waals surface area contributed by atoms with Crippen LogP contribution in [0.4, 0.5) is 11.4 Å². The van der Waals surface area contributed by atoms with Gasteiger partial charge in [-0.25, -0.2) is 21.0 Å². The summed E-state index contributed by atoms with van der Waals surface area (Å²) in [4.78, 5) is 15.7. The van der Waals surface area contributed by atoms with E-state index < -0.39 is 54.1 Å². The third-order valence-corrected chi connectivity index (χ3v) is 18.0. The Morgan fingerprint density at radius 2 is 1.48 bits per heavy atom. The number of hydrogen-bond acceptors (Lipinski definition) is 17. The van der Waals surface area contributed by atoms with Crippen molar-refractivity contribution in [3.05, 3.63) is 148 Å². The van der Waals surface area contributed by atoms with Crippen molar-refractivity contribution >= 4 is 100 Å². The molecule has 16 nitrogen and oxygen atoms in total. The molecular weight excluding hydrogens is 1180 g/mol. The van der Waals surface area contributed by atoms with E-state index in [1.165, 1.54) is 12.1 Å². The number of carbonyl (C=O) groups is 1. The van der Waals surface area contributed by atoms with E-state index in [0.717, 1.165) is 108 Å². The number of allylic oxidation sites excluding steroid dienone is 7. The zero-order chi connectivity index (χ0) is 54.6. The summed E-state index contributed by atoms with van der Waals surface area (Å²) >= 11 is -0.193. The molecule has 0 saturated heterocycles. The van der Waals surface area contributed by atoms with Crippen LogP contribution in [0, 0.1) is 0 Å². The molecular formula is C55H56KN2Na3O14S5. The zero-order valence-corrected chi connectivity index (χ0v) is 59.4. The molecule has 80 heavy (non-hydrogen) atoms. The van der Waals surface area contributed by atoms with E-state index in [0.29, 0.717) is 49.1 Å². The van der Waals surface area contributed by atoms with Gasteiger partial charge in [0.1, 0.15) is 16.7 Å². The summed E-state index contributed by atoms with van der Waals surface area (Å²) < 4.78 is 105. The van der Waals surface area contributed by atoms with E-state index in [2.05, 4.69) is 76.9 Å². The van der Waals surface area contributed by atoms with Gasteiger partial charge in [-0.2, -0.15) is 8.91 Å². The van der Waals surface area contributed by atoms with Crippen LogP contribution in [0.15, 0.2) is 146 Å².